The highest BCUT2D eigenvalue weighted by molar-refractivity contribution is 7.88. The molecule has 128 valence electrons. The average molecular weight is 342 g/mol. The third-order valence-electron chi connectivity index (χ3n) is 4.92. The number of amides is 1. The quantitative estimate of drug-likeness (QED) is 0.776. The van der Waals surface area contributed by atoms with Crippen LogP contribution in [0.3, 0.4) is 0 Å². The van der Waals surface area contributed by atoms with Crippen LogP contribution >= 0.6 is 0 Å². The van der Waals surface area contributed by atoms with E-state index < -0.39 is 21.7 Å². The summed E-state index contributed by atoms with van der Waals surface area (Å²) in [7, 11) is -1.64. The average Bonchev–Trinajstić information content (AvgIpc) is 3.08. The number of aromatic nitrogens is 2. The van der Waals surface area contributed by atoms with E-state index in [9.17, 15) is 18.3 Å². The minimum atomic E-state index is -3.38. The molecule has 0 unspecified atom stereocenters. The van der Waals surface area contributed by atoms with Crippen LogP contribution in [0.15, 0.2) is 12.3 Å². The van der Waals surface area contributed by atoms with Crippen molar-refractivity contribution in [1.82, 2.24) is 19.0 Å². The lowest BCUT2D eigenvalue weighted by Crippen LogP contribution is -2.63. The molecular formula is C14H22N4O4S. The molecular weight excluding hydrogens is 320 g/mol. The van der Waals surface area contributed by atoms with Crippen LogP contribution in [0.25, 0.3) is 0 Å². The second-order valence-corrected chi connectivity index (χ2v) is 8.34. The lowest BCUT2D eigenvalue weighted by atomic mass is 9.83. The molecule has 2 atom stereocenters. The maximum atomic E-state index is 12.4. The summed E-state index contributed by atoms with van der Waals surface area (Å²) in [5, 5.41) is 14.7. The molecule has 2 fully saturated rings. The molecule has 0 aliphatic carbocycles. The van der Waals surface area contributed by atoms with Gasteiger partial charge in [-0.25, -0.2) is 8.42 Å². The Bertz CT molecular complexity index is 716. The van der Waals surface area contributed by atoms with Crippen LogP contribution in [0.4, 0.5) is 0 Å². The molecule has 9 heteroatoms. The molecule has 1 spiro atoms. The van der Waals surface area contributed by atoms with E-state index in [-0.39, 0.29) is 12.5 Å². The molecule has 2 saturated heterocycles. The number of rotatable bonds is 2. The lowest BCUT2D eigenvalue weighted by molar-refractivity contribution is -0.0293. The number of aliphatic hydroxyl groups excluding tert-OH is 1. The van der Waals surface area contributed by atoms with Gasteiger partial charge in [-0.2, -0.15) is 9.40 Å². The second-order valence-electron chi connectivity index (χ2n) is 6.43. The van der Waals surface area contributed by atoms with E-state index in [0.29, 0.717) is 31.6 Å². The van der Waals surface area contributed by atoms with Crippen LogP contribution in [-0.4, -0.2) is 76.0 Å². The number of β-amino-alcohol motifs (C(OH)–C–C–N with tert-alkyl or cyclic N) is 1. The Morgan fingerprint density at radius 2 is 2.13 bits per heavy atom. The predicted octanol–water partition coefficient (Wildman–Crippen LogP) is -0.579. The molecule has 3 heterocycles. The van der Waals surface area contributed by atoms with Gasteiger partial charge in [0.25, 0.3) is 5.91 Å². The maximum Gasteiger partial charge on any atom is 0.274 e. The fourth-order valence-corrected chi connectivity index (χ4v) is 5.22. The minimum Gasteiger partial charge on any atom is -0.389 e. The summed E-state index contributed by atoms with van der Waals surface area (Å²) in [4.78, 5) is 14.0. The molecule has 0 saturated carbocycles. The van der Waals surface area contributed by atoms with Crippen LogP contribution in [0.5, 0.6) is 0 Å². The van der Waals surface area contributed by atoms with Gasteiger partial charge in [-0.15, -0.1) is 0 Å². The molecule has 2 aliphatic heterocycles. The Morgan fingerprint density at radius 3 is 2.70 bits per heavy atom. The van der Waals surface area contributed by atoms with E-state index in [0.717, 1.165) is 6.42 Å². The molecule has 1 amide bonds. The Morgan fingerprint density at radius 1 is 1.39 bits per heavy atom. The van der Waals surface area contributed by atoms with Gasteiger partial charge in [0, 0.05) is 32.9 Å². The summed E-state index contributed by atoms with van der Waals surface area (Å²) >= 11 is 0. The van der Waals surface area contributed by atoms with Crippen molar-refractivity contribution in [2.45, 2.75) is 30.9 Å². The van der Waals surface area contributed by atoms with Gasteiger partial charge >= 0.3 is 0 Å². The Hall–Kier alpha value is -1.45. The Balaban J connectivity index is 1.78. The molecule has 1 N–H and O–H groups in total. The van der Waals surface area contributed by atoms with Gasteiger partial charge in [-0.3, -0.25) is 9.48 Å². The number of carbonyl (C=O) groups excluding carboxylic acids is 1. The van der Waals surface area contributed by atoms with Crippen LogP contribution in [0.2, 0.25) is 0 Å². The van der Waals surface area contributed by atoms with Gasteiger partial charge in [0.1, 0.15) is 5.69 Å². The standard InChI is InChI=1S/C14H22N4O4S/c1-16-8-4-11(15-16)13(20)17-9-6-14(12(19)10-17)5-3-7-18(14)23(2,21)22/h4,8,12,19H,3,5-7,9-10H2,1-2H3/t12-,14-/m0/s1. The number of piperidine rings is 1. The van der Waals surface area contributed by atoms with E-state index in [1.165, 1.54) is 10.6 Å². The summed E-state index contributed by atoms with van der Waals surface area (Å²) in [6.45, 7) is 0.976. The third-order valence-corrected chi connectivity index (χ3v) is 6.26. The van der Waals surface area contributed by atoms with Crippen molar-refractivity contribution in [3.8, 4) is 0 Å². The number of hydrogen-bond donors (Lipinski definition) is 1. The van der Waals surface area contributed by atoms with Crippen molar-refractivity contribution < 1.29 is 18.3 Å². The third kappa shape index (κ3) is 2.77. The minimum absolute atomic E-state index is 0.126. The number of nitrogens with zero attached hydrogens (tertiary/aromatic N) is 4. The summed E-state index contributed by atoms with van der Waals surface area (Å²) in [5.41, 5.74) is -0.434. The molecule has 2 aliphatic rings. The number of hydrogen-bond acceptors (Lipinski definition) is 5. The van der Waals surface area contributed by atoms with E-state index >= 15 is 0 Å². The zero-order valence-corrected chi connectivity index (χ0v) is 14.2. The van der Waals surface area contributed by atoms with Gasteiger partial charge in [-0.05, 0) is 25.3 Å². The van der Waals surface area contributed by atoms with Crippen LogP contribution in [-0.2, 0) is 17.1 Å². The monoisotopic (exact) mass is 342 g/mol. The van der Waals surface area contributed by atoms with Crippen molar-refractivity contribution in [2.24, 2.45) is 7.05 Å². The van der Waals surface area contributed by atoms with Crippen molar-refractivity contribution in [2.75, 3.05) is 25.9 Å². The number of aliphatic hydroxyl groups is 1. The maximum absolute atomic E-state index is 12.4. The van der Waals surface area contributed by atoms with Gasteiger partial charge in [0.15, 0.2) is 0 Å². The van der Waals surface area contributed by atoms with Crippen LogP contribution in [0, 0.1) is 0 Å². The van der Waals surface area contributed by atoms with Crippen molar-refractivity contribution >= 4 is 15.9 Å². The van der Waals surface area contributed by atoms with Gasteiger partial charge in [0.05, 0.1) is 17.9 Å². The van der Waals surface area contributed by atoms with Crippen molar-refractivity contribution in [3.05, 3.63) is 18.0 Å². The fourth-order valence-electron chi connectivity index (χ4n) is 3.80. The van der Waals surface area contributed by atoms with Crippen LogP contribution in [0.1, 0.15) is 29.8 Å². The molecule has 0 aromatic carbocycles. The molecule has 0 bridgehead atoms. The zero-order valence-electron chi connectivity index (χ0n) is 13.3. The smallest absolute Gasteiger partial charge is 0.274 e. The topological polar surface area (TPSA) is 95.7 Å². The Labute approximate surface area is 135 Å². The highest BCUT2D eigenvalue weighted by atomic mass is 32.2. The normalized spacial score (nSPS) is 29.3. The number of likely N-dealkylation sites (tertiary alicyclic amines) is 1. The molecule has 0 radical (unpaired) electrons. The molecule has 1 aromatic rings. The zero-order chi connectivity index (χ0) is 16.8. The first-order valence-electron chi connectivity index (χ1n) is 7.69. The lowest BCUT2D eigenvalue weighted by Gasteiger charge is -2.47. The number of aryl methyl sites for hydroxylation is 1. The largest absolute Gasteiger partial charge is 0.389 e. The van der Waals surface area contributed by atoms with Crippen molar-refractivity contribution in [3.63, 3.8) is 0 Å². The highest BCUT2D eigenvalue weighted by Crippen LogP contribution is 2.40. The predicted molar refractivity (Wildman–Crippen MR) is 83.3 cm³/mol. The number of carbonyl (C=O) groups is 1. The van der Waals surface area contributed by atoms with E-state index in [2.05, 4.69) is 5.10 Å². The van der Waals surface area contributed by atoms with E-state index in [1.54, 1.807) is 28.9 Å². The first-order valence-corrected chi connectivity index (χ1v) is 9.54. The molecule has 23 heavy (non-hydrogen) atoms. The summed E-state index contributed by atoms with van der Waals surface area (Å²) < 4.78 is 27.0. The fraction of sp³-hybridized carbons (Fsp3) is 0.714. The Kier molecular flexibility index (Phi) is 3.97. The molecule has 8 nitrogen and oxygen atoms in total. The summed E-state index contributed by atoms with van der Waals surface area (Å²) in [6, 6.07) is 1.64. The SMILES string of the molecule is Cn1ccc(C(=O)N2CC[C@@]3(CCCN3S(C)(=O)=O)[C@@H](O)C2)n1. The van der Waals surface area contributed by atoms with E-state index in [4.69, 9.17) is 0 Å². The number of sulfonamides is 1. The summed E-state index contributed by atoms with van der Waals surface area (Å²) in [5.74, 6) is -0.233. The van der Waals surface area contributed by atoms with Crippen LogP contribution < -0.4 is 0 Å². The van der Waals surface area contributed by atoms with Gasteiger partial charge < -0.3 is 10.0 Å². The molecule has 3 rings (SSSR count). The van der Waals surface area contributed by atoms with Crippen molar-refractivity contribution in [1.29, 1.82) is 0 Å². The van der Waals surface area contributed by atoms with Gasteiger partial charge in [-0.1, -0.05) is 0 Å². The highest BCUT2D eigenvalue weighted by Gasteiger charge is 2.53. The first-order chi connectivity index (χ1) is 10.7. The van der Waals surface area contributed by atoms with Gasteiger partial charge in [0.2, 0.25) is 10.0 Å². The summed E-state index contributed by atoms with van der Waals surface area (Å²) in [6.07, 6.45) is 3.79. The van der Waals surface area contributed by atoms with E-state index in [1.807, 2.05) is 0 Å². The molecule has 1 aromatic heterocycles. The first kappa shape index (κ1) is 16.4. The second kappa shape index (κ2) is 5.57.